The van der Waals surface area contributed by atoms with Crippen LogP contribution in [0, 0.1) is 6.92 Å². The standard InChI is InChI=1S/C14H11F3N6O/c1-8-7-10(22-23(8)9-5-3-2-4-6-9)11(24)18-13-19-12(20-21-13)14(15,16)17/h2-7H,1H3,(H2,18,19,20,21,24). The van der Waals surface area contributed by atoms with Gasteiger partial charge >= 0.3 is 6.18 Å². The molecule has 3 rings (SSSR count). The molecular weight excluding hydrogens is 325 g/mol. The number of benzene rings is 1. The predicted molar refractivity (Wildman–Crippen MR) is 77.6 cm³/mol. The molecule has 0 fully saturated rings. The second kappa shape index (κ2) is 5.80. The topological polar surface area (TPSA) is 88.5 Å². The van der Waals surface area contributed by atoms with Crippen LogP contribution in [-0.4, -0.2) is 30.9 Å². The van der Waals surface area contributed by atoms with E-state index in [0.29, 0.717) is 5.69 Å². The molecule has 0 aliphatic rings. The molecular formula is C14H11F3N6O. The number of nitrogens with one attached hydrogen (secondary N) is 2. The van der Waals surface area contributed by atoms with Crippen LogP contribution in [0.15, 0.2) is 36.4 Å². The Bertz CT molecular complexity index is 868. The molecule has 1 amide bonds. The molecule has 2 N–H and O–H groups in total. The number of anilines is 1. The Hall–Kier alpha value is -3.17. The first-order valence-corrected chi connectivity index (χ1v) is 6.77. The maximum absolute atomic E-state index is 12.4. The lowest BCUT2D eigenvalue weighted by atomic mass is 10.3. The fraction of sp³-hybridized carbons (Fsp3) is 0.143. The quantitative estimate of drug-likeness (QED) is 0.769. The molecule has 0 aliphatic heterocycles. The minimum absolute atomic E-state index is 0.0368. The maximum atomic E-state index is 12.4. The Morgan fingerprint density at radius 2 is 1.96 bits per heavy atom. The fourth-order valence-electron chi connectivity index (χ4n) is 2.03. The van der Waals surface area contributed by atoms with Gasteiger partial charge in [0.15, 0.2) is 5.69 Å². The summed E-state index contributed by atoms with van der Waals surface area (Å²) in [7, 11) is 0. The van der Waals surface area contributed by atoms with E-state index >= 15 is 0 Å². The monoisotopic (exact) mass is 336 g/mol. The highest BCUT2D eigenvalue weighted by molar-refractivity contribution is 6.01. The smallest absolute Gasteiger partial charge is 0.288 e. The third kappa shape index (κ3) is 3.12. The van der Waals surface area contributed by atoms with Gasteiger partial charge in [-0.15, -0.1) is 5.10 Å². The van der Waals surface area contributed by atoms with Crippen LogP contribution >= 0.6 is 0 Å². The van der Waals surface area contributed by atoms with E-state index in [1.807, 2.05) is 30.3 Å². The lowest BCUT2D eigenvalue weighted by Gasteiger charge is -2.02. The minimum atomic E-state index is -4.67. The van der Waals surface area contributed by atoms with Crippen molar-refractivity contribution in [2.45, 2.75) is 13.1 Å². The summed E-state index contributed by atoms with van der Waals surface area (Å²) in [5.41, 5.74) is 1.48. The number of carbonyl (C=O) groups excluding carboxylic acids is 1. The predicted octanol–water partition coefficient (Wildman–Crippen LogP) is 2.57. The molecule has 0 spiro atoms. The maximum Gasteiger partial charge on any atom is 0.451 e. The van der Waals surface area contributed by atoms with Crippen LogP contribution in [0.1, 0.15) is 22.0 Å². The first-order valence-electron chi connectivity index (χ1n) is 6.77. The molecule has 0 saturated carbocycles. The fourth-order valence-corrected chi connectivity index (χ4v) is 2.03. The van der Waals surface area contributed by atoms with E-state index in [1.165, 1.54) is 6.07 Å². The van der Waals surface area contributed by atoms with E-state index in [4.69, 9.17) is 0 Å². The second-order valence-corrected chi connectivity index (χ2v) is 4.88. The average molecular weight is 336 g/mol. The van der Waals surface area contributed by atoms with Crippen molar-refractivity contribution in [2.75, 3.05) is 5.32 Å². The molecule has 0 radical (unpaired) electrons. The number of aryl methyl sites for hydroxylation is 1. The molecule has 2 heterocycles. The molecule has 1 aromatic carbocycles. The Labute approximate surface area is 133 Å². The number of para-hydroxylation sites is 1. The zero-order valence-corrected chi connectivity index (χ0v) is 12.3. The number of carbonyl (C=O) groups is 1. The van der Waals surface area contributed by atoms with Crippen LogP contribution in [-0.2, 0) is 6.18 Å². The first kappa shape index (κ1) is 15.7. The van der Waals surface area contributed by atoms with Gasteiger partial charge < -0.3 is 0 Å². The molecule has 3 aromatic rings. The third-order valence-electron chi connectivity index (χ3n) is 3.10. The van der Waals surface area contributed by atoms with Crippen LogP contribution in [0.25, 0.3) is 5.69 Å². The van der Waals surface area contributed by atoms with Gasteiger partial charge in [-0.2, -0.15) is 23.3 Å². The number of nitrogens with zero attached hydrogens (tertiary/aromatic N) is 4. The van der Waals surface area contributed by atoms with Gasteiger partial charge in [0.05, 0.1) is 5.69 Å². The first-order chi connectivity index (χ1) is 11.3. The van der Waals surface area contributed by atoms with E-state index < -0.39 is 23.9 Å². The van der Waals surface area contributed by atoms with Gasteiger partial charge in [0.1, 0.15) is 0 Å². The highest BCUT2D eigenvalue weighted by atomic mass is 19.4. The van der Waals surface area contributed by atoms with Gasteiger partial charge in [0.25, 0.3) is 5.91 Å². The summed E-state index contributed by atoms with van der Waals surface area (Å²) in [6, 6.07) is 10.6. The van der Waals surface area contributed by atoms with E-state index in [2.05, 4.69) is 20.5 Å². The Kier molecular flexibility index (Phi) is 3.80. The molecule has 7 nitrogen and oxygen atoms in total. The van der Waals surface area contributed by atoms with Crippen molar-refractivity contribution in [3.05, 3.63) is 53.6 Å². The van der Waals surface area contributed by atoms with Crippen molar-refractivity contribution in [1.29, 1.82) is 0 Å². The molecule has 24 heavy (non-hydrogen) atoms. The molecule has 124 valence electrons. The highest BCUT2D eigenvalue weighted by Gasteiger charge is 2.35. The van der Waals surface area contributed by atoms with Crippen molar-refractivity contribution in [2.24, 2.45) is 0 Å². The van der Waals surface area contributed by atoms with Crippen LogP contribution in [0.4, 0.5) is 19.1 Å². The molecule has 0 atom stereocenters. The minimum Gasteiger partial charge on any atom is -0.288 e. The van der Waals surface area contributed by atoms with Gasteiger partial charge in [0.2, 0.25) is 11.8 Å². The average Bonchev–Trinajstić information content (AvgIpc) is 3.14. The van der Waals surface area contributed by atoms with Gasteiger partial charge in [-0.25, -0.2) is 4.68 Å². The lowest BCUT2D eigenvalue weighted by molar-refractivity contribution is -0.144. The van der Waals surface area contributed by atoms with Crippen molar-refractivity contribution in [3.63, 3.8) is 0 Å². The number of amides is 1. The number of aromatic amines is 1. The van der Waals surface area contributed by atoms with E-state index in [1.54, 1.807) is 16.7 Å². The number of aromatic nitrogens is 5. The summed E-state index contributed by atoms with van der Waals surface area (Å²) in [4.78, 5) is 15.3. The number of rotatable bonds is 3. The Morgan fingerprint density at radius 1 is 1.25 bits per heavy atom. The van der Waals surface area contributed by atoms with E-state index in [-0.39, 0.29) is 5.69 Å². The van der Waals surface area contributed by atoms with Crippen LogP contribution < -0.4 is 5.32 Å². The van der Waals surface area contributed by atoms with Gasteiger partial charge in [0, 0.05) is 5.69 Å². The third-order valence-corrected chi connectivity index (χ3v) is 3.10. The lowest BCUT2D eigenvalue weighted by Crippen LogP contribution is -2.14. The zero-order chi connectivity index (χ0) is 17.3. The number of hydrogen-bond acceptors (Lipinski definition) is 4. The number of H-pyrrole nitrogens is 1. The molecule has 10 heteroatoms. The summed E-state index contributed by atoms with van der Waals surface area (Å²) < 4.78 is 38.9. The summed E-state index contributed by atoms with van der Waals surface area (Å²) in [6.07, 6.45) is -4.67. The Balaban J connectivity index is 1.80. The van der Waals surface area contributed by atoms with Crippen LogP contribution in [0.5, 0.6) is 0 Å². The normalized spacial score (nSPS) is 11.5. The van der Waals surface area contributed by atoms with E-state index in [0.717, 1.165) is 5.69 Å². The van der Waals surface area contributed by atoms with Crippen LogP contribution in [0.3, 0.4) is 0 Å². The number of halogens is 3. The molecule has 2 aromatic heterocycles. The van der Waals surface area contributed by atoms with Crippen molar-refractivity contribution in [1.82, 2.24) is 25.0 Å². The summed E-state index contributed by atoms with van der Waals surface area (Å²) in [5.74, 6) is -2.47. The van der Waals surface area contributed by atoms with Crippen molar-refractivity contribution < 1.29 is 18.0 Å². The van der Waals surface area contributed by atoms with Crippen molar-refractivity contribution >= 4 is 11.9 Å². The SMILES string of the molecule is Cc1cc(C(=O)Nc2n[nH]c(C(F)(F)F)n2)nn1-c1ccccc1. The van der Waals surface area contributed by atoms with E-state index in [9.17, 15) is 18.0 Å². The van der Waals surface area contributed by atoms with Gasteiger partial charge in [-0.1, -0.05) is 18.2 Å². The second-order valence-electron chi connectivity index (χ2n) is 4.88. The number of alkyl halides is 3. The summed E-state index contributed by atoms with van der Waals surface area (Å²) >= 11 is 0. The summed E-state index contributed by atoms with van der Waals surface area (Å²) in [5, 5.41) is 11.4. The molecule has 0 unspecified atom stereocenters. The van der Waals surface area contributed by atoms with Crippen LogP contribution in [0.2, 0.25) is 0 Å². The van der Waals surface area contributed by atoms with Crippen molar-refractivity contribution in [3.8, 4) is 5.69 Å². The van der Waals surface area contributed by atoms with Gasteiger partial charge in [-0.05, 0) is 25.1 Å². The molecule has 0 bridgehead atoms. The molecule has 0 saturated heterocycles. The Morgan fingerprint density at radius 3 is 2.58 bits per heavy atom. The zero-order valence-electron chi connectivity index (χ0n) is 12.3. The number of hydrogen-bond donors (Lipinski definition) is 2. The van der Waals surface area contributed by atoms with Gasteiger partial charge in [-0.3, -0.25) is 15.2 Å². The largest absolute Gasteiger partial charge is 0.451 e. The molecule has 0 aliphatic carbocycles. The summed E-state index contributed by atoms with van der Waals surface area (Å²) in [6.45, 7) is 1.76. The highest BCUT2D eigenvalue weighted by Crippen LogP contribution is 2.26.